The lowest BCUT2D eigenvalue weighted by Gasteiger charge is -2.22. The highest BCUT2D eigenvalue weighted by Crippen LogP contribution is 2.14. The highest BCUT2D eigenvalue weighted by Gasteiger charge is 2.19. The van der Waals surface area contributed by atoms with Gasteiger partial charge in [-0.05, 0) is 31.5 Å². The fourth-order valence-electron chi connectivity index (χ4n) is 2.12. The molecule has 2 aromatic carbocycles. The Kier molecular flexibility index (Phi) is 4.99. The van der Waals surface area contributed by atoms with Crippen LogP contribution in [0.1, 0.15) is 18.1 Å². The zero-order valence-electron chi connectivity index (χ0n) is 12.7. The maximum Gasteiger partial charge on any atom is 0.263 e. The molecule has 2 aromatic rings. The van der Waals surface area contributed by atoms with Crippen molar-refractivity contribution in [2.45, 2.75) is 26.5 Å². The van der Waals surface area contributed by atoms with Gasteiger partial charge < -0.3 is 9.64 Å². The van der Waals surface area contributed by atoms with Crippen molar-refractivity contribution in [3.63, 3.8) is 0 Å². The average Bonchev–Trinajstić information content (AvgIpc) is 2.49. The molecule has 110 valence electrons. The molecule has 21 heavy (non-hydrogen) atoms. The molecule has 0 aliphatic rings. The van der Waals surface area contributed by atoms with Crippen molar-refractivity contribution in [2.75, 3.05) is 7.05 Å². The van der Waals surface area contributed by atoms with Crippen LogP contribution in [0.2, 0.25) is 0 Å². The second-order valence-electron chi connectivity index (χ2n) is 5.25. The van der Waals surface area contributed by atoms with E-state index in [-0.39, 0.29) is 5.91 Å². The molecule has 0 unspecified atom stereocenters. The molecule has 0 fully saturated rings. The van der Waals surface area contributed by atoms with E-state index in [1.54, 1.807) is 18.9 Å². The summed E-state index contributed by atoms with van der Waals surface area (Å²) < 4.78 is 5.70. The van der Waals surface area contributed by atoms with Crippen LogP contribution in [0, 0.1) is 6.92 Å². The van der Waals surface area contributed by atoms with E-state index in [4.69, 9.17) is 4.74 Å². The third-order valence-corrected chi connectivity index (χ3v) is 3.32. The SMILES string of the molecule is Cc1ccc(O[C@H](C)C(=O)N(C)Cc2ccccc2)cc1. The zero-order valence-corrected chi connectivity index (χ0v) is 12.7. The summed E-state index contributed by atoms with van der Waals surface area (Å²) in [5, 5.41) is 0. The number of hydrogen-bond donors (Lipinski definition) is 0. The number of nitrogens with zero attached hydrogens (tertiary/aromatic N) is 1. The van der Waals surface area contributed by atoms with E-state index < -0.39 is 6.10 Å². The van der Waals surface area contributed by atoms with Crippen molar-refractivity contribution in [2.24, 2.45) is 0 Å². The van der Waals surface area contributed by atoms with Crippen LogP contribution in [-0.2, 0) is 11.3 Å². The first-order chi connectivity index (χ1) is 10.1. The molecule has 0 aromatic heterocycles. The molecular weight excluding hydrogens is 262 g/mol. The fourth-order valence-corrected chi connectivity index (χ4v) is 2.12. The third kappa shape index (κ3) is 4.35. The van der Waals surface area contributed by atoms with E-state index in [0.717, 1.165) is 11.3 Å². The standard InChI is InChI=1S/C18H21NO2/c1-14-9-11-17(12-10-14)21-15(2)18(20)19(3)13-16-7-5-4-6-8-16/h4-12,15H,13H2,1-3H3/t15-/m1/s1. The van der Waals surface area contributed by atoms with Crippen LogP contribution in [0.5, 0.6) is 5.75 Å². The van der Waals surface area contributed by atoms with Crippen LogP contribution in [-0.4, -0.2) is 24.0 Å². The van der Waals surface area contributed by atoms with Crippen molar-refractivity contribution in [3.05, 3.63) is 65.7 Å². The monoisotopic (exact) mass is 283 g/mol. The summed E-state index contributed by atoms with van der Waals surface area (Å²) in [5.41, 5.74) is 2.28. The first-order valence-electron chi connectivity index (χ1n) is 7.08. The number of carbonyl (C=O) groups excluding carboxylic acids is 1. The quantitative estimate of drug-likeness (QED) is 0.841. The molecule has 0 N–H and O–H groups in total. The minimum absolute atomic E-state index is 0.0283. The Labute approximate surface area is 126 Å². The predicted octanol–water partition coefficient (Wildman–Crippen LogP) is 3.42. The minimum atomic E-state index is -0.499. The Bertz CT molecular complexity index is 578. The second-order valence-corrected chi connectivity index (χ2v) is 5.25. The summed E-state index contributed by atoms with van der Waals surface area (Å²) in [6, 6.07) is 17.6. The molecule has 1 atom stereocenters. The lowest BCUT2D eigenvalue weighted by atomic mass is 10.2. The Morgan fingerprint density at radius 2 is 1.71 bits per heavy atom. The van der Waals surface area contributed by atoms with Crippen LogP contribution >= 0.6 is 0 Å². The lowest BCUT2D eigenvalue weighted by molar-refractivity contribution is -0.137. The largest absolute Gasteiger partial charge is 0.481 e. The number of hydrogen-bond acceptors (Lipinski definition) is 2. The van der Waals surface area contributed by atoms with E-state index in [0.29, 0.717) is 6.54 Å². The Morgan fingerprint density at radius 1 is 1.10 bits per heavy atom. The van der Waals surface area contributed by atoms with Gasteiger partial charge in [0.25, 0.3) is 5.91 Å². The normalized spacial score (nSPS) is 11.8. The number of rotatable bonds is 5. The molecule has 2 rings (SSSR count). The van der Waals surface area contributed by atoms with Crippen LogP contribution in [0.4, 0.5) is 0 Å². The molecule has 0 bridgehead atoms. The summed E-state index contributed by atoms with van der Waals surface area (Å²) >= 11 is 0. The Balaban J connectivity index is 1.93. The summed E-state index contributed by atoms with van der Waals surface area (Å²) in [6.07, 6.45) is -0.499. The first kappa shape index (κ1) is 15.1. The maximum absolute atomic E-state index is 12.3. The summed E-state index contributed by atoms with van der Waals surface area (Å²) in [6.45, 7) is 4.39. The van der Waals surface area contributed by atoms with Gasteiger partial charge in [-0.2, -0.15) is 0 Å². The molecule has 0 spiro atoms. The van der Waals surface area contributed by atoms with Crippen LogP contribution in [0.15, 0.2) is 54.6 Å². The van der Waals surface area contributed by atoms with Gasteiger partial charge in [0, 0.05) is 13.6 Å². The molecule has 0 saturated carbocycles. The second kappa shape index (κ2) is 6.93. The highest BCUT2D eigenvalue weighted by molar-refractivity contribution is 5.80. The predicted molar refractivity (Wildman–Crippen MR) is 84.2 cm³/mol. The van der Waals surface area contributed by atoms with Crippen molar-refractivity contribution in [3.8, 4) is 5.75 Å². The Morgan fingerprint density at radius 3 is 2.33 bits per heavy atom. The van der Waals surface area contributed by atoms with Crippen molar-refractivity contribution < 1.29 is 9.53 Å². The van der Waals surface area contributed by atoms with E-state index in [9.17, 15) is 4.79 Å². The van der Waals surface area contributed by atoms with Crippen molar-refractivity contribution in [1.29, 1.82) is 0 Å². The number of carbonyl (C=O) groups is 1. The lowest BCUT2D eigenvalue weighted by Crippen LogP contribution is -2.37. The molecule has 0 aliphatic carbocycles. The molecule has 1 amide bonds. The summed E-state index contributed by atoms with van der Waals surface area (Å²) in [5.74, 6) is 0.689. The number of ether oxygens (including phenoxy) is 1. The van der Waals surface area contributed by atoms with Gasteiger partial charge in [-0.15, -0.1) is 0 Å². The number of likely N-dealkylation sites (N-methyl/N-ethyl adjacent to an activating group) is 1. The highest BCUT2D eigenvalue weighted by atomic mass is 16.5. The molecular formula is C18H21NO2. The molecule has 0 saturated heterocycles. The molecule has 0 aliphatic heterocycles. The molecule has 3 heteroatoms. The topological polar surface area (TPSA) is 29.5 Å². The summed E-state index contributed by atoms with van der Waals surface area (Å²) in [4.78, 5) is 14.0. The Hall–Kier alpha value is -2.29. The van der Waals surface area contributed by atoms with Gasteiger partial charge in [0.05, 0.1) is 0 Å². The fraction of sp³-hybridized carbons (Fsp3) is 0.278. The summed E-state index contributed by atoms with van der Waals surface area (Å²) in [7, 11) is 1.80. The first-order valence-corrected chi connectivity index (χ1v) is 7.08. The maximum atomic E-state index is 12.3. The van der Waals surface area contributed by atoms with E-state index >= 15 is 0 Å². The van der Waals surface area contributed by atoms with Gasteiger partial charge in [-0.25, -0.2) is 0 Å². The van der Waals surface area contributed by atoms with Gasteiger partial charge >= 0.3 is 0 Å². The van der Waals surface area contributed by atoms with Crippen LogP contribution < -0.4 is 4.74 Å². The molecule has 0 radical (unpaired) electrons. The zero-order chi connectivity index (χ0) is 15.2. The number of amides is 1. The average molecular weight is 283 g/mol. The van der Waals surface area contributed by atoms with Crippen molar-refractivity contribution >= 4 is 5.91 Å². The van der Waals surface area contributed by atoms with Gasteiger partial charge in [0.15, 0.2) is 6.10 Å². The van der Waals surface area contributed by atoms with Crippen LogP contribution in [0.25, 0.3) is 0 Å². The van der Waals surface area contributed by atoms with Gasteiger partial charge in [-0.1, -0.05) is 48.0 Å². The molecule has 0 heterocycles. The van der Waals surface area contributed by atoms with E-state index in [1.165, 1.54) is 5.56 Å². The van der Waals surface area contributed by atoms with Crippen LogP contribution in [0.3, 0.4) is 0 Å². The minimum Gasteiger partial charge on any atom is -0.481 e. The van der Waals surface area contributed by atoms with Crippen molar-refractivity contribution in [1.82, 2.24) is 4.90 Å². The number of benzene rings is 2. The van der Waals surface area contributed by atoms with Gasteiger partial charge in [0.1, 0.15) is 5.75 Å². The van der Waals surface area contributed by atoms with Gasteiger partial charge in [-0.3, -0.25) is 4.79 Å². The third-order valence-electron chi connectivity index (χ3n) is 3.32. The van der Waals surface area contributed by atoms with E-state index in [2.05, 4.69) is 0 Å². The molecule has 3 nitrogen and oxygen atoms in total. The number of aryl methyl sites for hydroxylation is 1. The smallest absolute Gasteiger partial charge is 0.263 e. The van der Waals surface area contributed by atoms with E-state index in [1.807, 2.05) is 61.5 Å². The van der Waals surface area contributed by atoms with Gasteiger partial charge in [0.2, 0.25) is 0 Å².